The smallest absolute Gasteiger partial charge is 0.123 e. The van der Waals surface area contributed by atoms with Gasteiger partial charge in [0.1, 0.15) is 6.29 Å². The van der Waals surface area contributed by atoms with Gasteiger partial charge >= 0.3 is 0 Å². The number of aldehydes is 1. The molecule has 0 saturated heterocycles. The molecule has 0 aromatic rings. The quantitative estimate of drug-likeness (QED) is 0.746. The largest absolute Gasteiger partial charge is 0.393 e. The first-order valence-electron chi connectivity index (χ1n) is 9.27. The summed E-state index contributed by atoms with van der Waals surface area (Å²) in [6.45, 7) is 2.41. The van der Waals surface area contributed by atoms with Crippen molar-refractivity contribution in [1.82, 2.24) is 0 Å². The van der Waals surface area contributed by atoms with Gasteiger partial charge in [0.25, 0.3) is 0 Å². The lowest BCUT2D eigenvalue weighted by atomic mass is 9.50. The molecule has 2 nitrogen and oxygen atoms in total. The number of hydrogen-bond acceptors (Lipinski definition) is 2. The molecule has 21 heavy (non-hydrogen) atoms. The molecule has 118 valence electrons. The molecule has 0 bridgehead atoms. The van der Waals surface area contributed by atoms with Gasteiger partial charge < -0.3 is 9.90 Å². The van der Waals surface area contributed by atoms with Gasteiger partial charge in [0.15, 0.2) is 0 Å². The second-order valence-corrected chi connectivity index (χ2v) is 8.77. The minimum atomic E-state index is -0.0254. The molecule has 1 unspecified atom stereocenters. The van der Waals surface area contributed by atoms with Gasteiger partial charge in [-0.15, -0.1) is 0 Å². The second kappa shape index (κ2) is 5.08. The zero-order valence-corrected chi connectivity index (χ0v) is 13.3. The average Bonchev–Trinajstić information content (AvgIpc) is 2.83. The number of aliphatic hydroxyl groups is 1. The van der Waals surface area contributed by atoms with E-state index < -0.39 is 0 Å². The van der Waals surface area contributed by atoms with Gasteiger partial charge in [-0.05, 0) is 92.8 Å². The van der Waals surface area contributed by atoms with Gasteiger partial charge in [0.05, 0.1) is 6.10 Å². The topological polar surface area (TPSA) is 37.3 Å². The Morgan fingerprint density at radius 2 is 1.76 bits per heavy atom. The Kier molecular flexibility index (Phi) is 3.44. The molecule has 0 heterocycles. The van der Waals surface area contributed by atoms with E-state index in [1.807, 2.05) is 0 Å². The maximum atomic E-state index is 11.5. The summed E-state index contributed by atoms with van der Waals surface area (Å²) in [5.74, 6) is 4.59. The summed E-state index contributed by atoms with van der Waals surface area (Å²) in [5.41, 5.74) is 0.309. The Morgan fingerprint density at radius 1 is 0.952 bits per heavy atom. The third-order valence-electron chi connectivity index (χ3n) is 8.16. The van der Waals surface area contributed by atoms with Crippen molar-refractivity contribution in [2.75, 3.05) is 0 Å². The molecule has 4 aliphatic rings. The minimum absolute atomic E-state index is 0.0254. The van der Waals surface area contributed by atoms with E-state index in [1.165, 1.54) is 44.8 Å². The number of carbonyl (C=O) groups is 1. The van der Waals surface area contributed by atoms with Crippen LogP contribution in [0.2, 0.25) is 0 Å². The fourth-order valence-electron chi connectivity index (χ4n) is 7.09. The van der Waals surface area contributed by atoms with Gasteiger partial charge in [-0.1, -0.05) is 6.92 Å². The predicted molar refractivity (Wildman–Crippen MR) is 82.7 cm³/mol. The molecule has 4 saturated carbocycles. The van der Waals surface area contributed by atoms with Crippen molar-refractivity contribution >= 4 is 6.29 Å². The maximum Gasteiger partial charge on any atom is 0.123 e. The summed E-state index contributed by atoms with van der Waals surface area (Å²) in [6.07, 6.45) is 12.3. The SMILES string of the molecule is C[C@]12CC[C@H]3[C@@H](CC[C@H]4CC(O)CC[C@@H]43)[C@@H]1CC[C@@H]2C=O. The van der Waals surface area contributed by atoms with Crippen LogP contribution < -0.4 is 0 Å². The number of rotatable bonds is 1. The Labute approximate surface area is 128 Å². The van der Waals surface area contributed by atoms with Crippen LogP contribution in [0.1, 0.15) is 64.7 Å². The van der Waals surface area contributed by atoms with Crippen LogP contribution in [0.3, 0.4) is 0 Å². The molecule has 0 amide bonds. The number of fused-ring (bicyclic) bond motifs is 5. The Morgan fingerprint density at radius 3 is 2.57 bits per heavy atom. The van der Waals surface area contributed by atoms with E-state index in [0.29, 0.717) is 11.3 Å². The highest BCUT2D eigenvalue weighted by atomic mass is 16.3. The van der Waals surface area contributed by atoms with Crippen molar-refractivity contribution in [3.05, 3.63) is 0 Å². The summed E-state index contributed by atoms with van der Waals surface area (Å²) >= 11 is 0. The first kappa shape index (κ1) is 14.2. The lowest BCUT2D eigenvalue weighted by molar-refractivity contribution is -0.119. The van der Waals surface area contributed by atoms with Crippen molar-refractivity contribution < 1.29 is 9.90 Å². The van der Waals surface area contributed by atoms with Crippen LogP contribution in [0.15, 0.2) is 0 Å². The fourth-order valence-corrected chi connectivity index (χ4v) is 7.09. The van der Waals surface area contributed by atoms with Crippen LogP contribution in [0.4, 0.5) is 0 Å². The lowest BCUT2D eigenvalue weighted by Gasteiger charge is -2.55. The fraction of sp³-hybridized carbons (Fsp3) is 0.947. The van der Waals surface area contributed by atoms with E-state index in [4.69, 9.17) is 0 Å². The number of aliphatic hydroxyl groups excluding tert-OH is 1. The zero-order chi connectivity index (χ0) is 14.6. The highest BCUT2D eigenvalue weighted by Crippen LogP contribution is 2.63. The van der Waals surface area contributed by atoms with E-state index >= 15 is 0 Å². The van der Waals surface area contributed by atoms with Gasteiger partial charge in [0, 0.05) is 5.92 Å². The summed E-state index contributed by atoms with van der Waals surface area (Å²) in [7, 11) is 0. The molecule has 0 spiro atoms. The van der Waals surface area contributed by atoms with Gasteiger partial charge in [-0.2, -0.15) is 0 Å². The van der Waals surface area contributed by atoms with E-state index in [1.54, 1.807) is 0 Å². The molecular formula is C19H30O2. The maximum absolute atomic E-state index is 11.5. The molecule has 4 rings (SSSR count). The average molecular weight is 290 g/mol. The summed E-state index contributed by atoms with van der Waals surface area (Å²) in [4.78, 5) is 11.5. The second-order valence-electron chi connectivity index (χ2n) is 8.77. The van der Waals surface area contributed by atoms with Crippen LogP contribution in [0.25, 0.3) is 0 Å². The van der Waals surface area contributed by atoms with Crippen molar-refractivity contribution in [1.29, 1.82) is 0 Å². The normalized spacial score (nSPS) is 56.2. The molecule has 0 aromatic carbocycles. The van der Waals surface area contributed by atoms with Crippen molar-refractivity contribution in [3.63, 3.8) is 0 Å². The molecule has 2 heteroatoms. The van der Waals surface area contributed by atoms with Crippen LogP contribution in [-0.4, -0.2) is 17.5 Å². The standard InChI is InChI=1S/C19H30O2/c1-19-9-8-16-15-6-4-14(21)10-12(15)2-5-17(16)18(19)7-3-13(19)11-20/h11-18,21H,2-10H2,1H3/t12-,13+,14?,15-,16+,17+,18-,19+/m0/s1. The van der Waals surface area contributed by atoms with Gasteiger partial charge in [-0.3, -0.25) is 0 Å². The first-order valence-corrected chi connectivity index (χ1v) is 9.27. The minimum Gasteiger partial charge on any atom is -0.393 e. The molecule has 0 aliphatic heterocycles. The molecular weight excluding hydrogens is 260 g/mol. The molecule has 0 radical (unpaired) electrons. The highest BCUT2D eigenvalue weighted by molar-refractivity contribution is 5.56. The van der Waals surface area contributed by atoms with Crippen molar-refractivity contribution in [3.8, 4) is 0 Å². The van der Waals surface area contributed by atoms with Crippen LogP contribution >= 0.6 is 0 Å². The van der Waals surface area contributed by atoms with Crippen LogP contribution in [0, 0.1) is 40.9 Å². The van der Waals surface area contributed by atoms with Gasteiger partial charge in [0.2, 0.25) is 0 Å². The summed E-state index contributed by atoms with van der Waals surface area (Å²) < 4.78 is 0. The zero-order valence-electron chi connectivity index (χ0n) is 13.3. The molecule has 4 fully saturated rings. The summed E-state index contributed by atoms with van der Waals surface area (Å²) in [6, 6.07) is 0. The van der Waals surface area contributed by atoms with E-state index in [9.17, 15) is 9.90 Å². The van der Waals surface area contributed by atoms with E-state index in [2.05, 4.69) is 6.92 Å². The molecule has 8 atom stereocenters. The Bertz CT molecular complexity index is 420. The van der Waals surface area contributed by atoms with Crippen molar-refractivity contribution in [2.24, 2.45) is 40.9 Å². The lowest BCUT2D eigenvalue weighted by Crippen LogP contribution is -2.49. The third kappa shape index (κ3) is 2.04. The van der Waals surface area contributed by atoms with Crippen LogP contribution in [0.5, 0.6) is 0 Å². The van der Waals surface area contributed by atoms with E-state index in [0.717, 1.165) is 48.9 Å². The predicted octanol–water partition coefficient (Wildman–Crippen LogP) is 3.82. The third-order valence-corrected chi connectivity index (χ3v) is 8.16. The Hall–Kier alpha value is -0.370. The molecule has 4 aliphatic carbocycles. The first-order chi connectivity index (χ1) is 10.1. The van der Waals surface area contributed by atoms with Gasteiger partial charge in [-0.25, -0.2) is 0 Å². The van der Waals surface area contributed by atoms with E-state index in [-0.39, 0.29) is 6.10 Å². The van der Waals surface area contributed by atoms with Crippen LogP contribution in [-0.2, 0) is 4.79 Å². The summed E-state index contributed by atoms with van der Waals surface area (Å²) in [5, 5.41) is 9.96. The highest BCUT2D eigenvalue weighted by Gasteiger charge is 2.56. The number of carbonyl (C=O) groups excluding carboxylic acids is 1. The molecule has 1 N–H and O–H groups in total. The molecule has 0 aromatic heterocycles. The Balaban J connectivity index is 1.56. The van der Waals surface area contributed by atoms with Crippen molar-refractivity contribution in [2.45, 2.75) is 70.8 Å². The number of hydrogen-bond donors (Lipinski definition) is 1. The monoisotopic (exact) mass is 290 g/mol.